The largest absolute Gasteiger partial charge is 0.444 e. The van der Waals surface area contributed by atoms with Gasteiger partial charge in [0.25, 0.3) is 0 Å². The summed E-state index contributed by atoms with van der Waals surface area (Å²) in [5, 5.41) is 11.3. The van der Waals surface area contributed by atoms with Crippen molar-refractivity contribution >= 4 is 6.09 Å². The molecule has 2 unspecified atom stereocenters. The van der Waals surface area contributed by atoms with Gasteiger partial charge in [-0.3, -0.25) is 4.68 Å². The Balaban J connectivity index is 1.85. The van der Waals surface area contributed by atoms with Crippen molar-refractivity contribution < 1.29 is 9.53 Å². The first-order valence-corrected chi connectivity index (χ1v) is 8.31. The number of hydrogen-bond donors (Lipinski definition) is 1. The van der Waals surface area contributed by atoms with E-state index >= 15 is 0 Å². The highest BCUT2D eigenvalue weighted by Gasteiger charge is 2.30. The Hall–Kier alpha value is -1.63. The molecule has 1 amide bonds. The van der Waals surface area contributed by atoms with Crippen LogP contribution < -0.4 is 5.32 Å². The van der Waals surface area contributed by atoms with Gasteiger partial charge in [-0.2, -0.15) is 0 Å². The highest BCUT2D eigenvalue weighted by atomic mass is 16.6. The molecule has 1 aromatic heterocycles. The van der Waals surface area contributed by atoms with Crippen molar-refractivity contribution in [1.82, 2.24) is 25.2 Å². The van der Waals surface area contributed by atoms with Crippen LogP contribution in [0.2, 0.25) is 0 Å². The highest BCUT2D eigenvalue weighted by Crippen LogP contribution is 2.22. The monoisotopic (exact) mass is 323 g/mol. The molecule has 0 radical (unpaired) electrons. The van der Waals surface area contributed by atoms with Crippen LogP contribution in [0.15, 0.2) is 6.20 Å². The summed E-state index contributed by atoms with van der Waals surface area (Å²) in [4.78, 5) is 14.1. The minimum atomic E-state index is -0.444. The van der Waals surface area contributed by atoms with Crippen molar-refractivity contribution in [2.75, 3.05) is 13.1 Å². The van der Waals surface area contributed by atoms with Crippen molar-refractivity contribution in [1.29, 1.82) is 0 Å². The first-order valence-electron chi connectivity index (χ1n) is 8.31. The van der Waals surface area contributed by atoms with Gasteiger partial charge in [-0.1, -0.05) is 5.21 Å². The fraction of sp³-hybridized carbons (Fsp3) is 0.812. The fourth-order valence-electron chi connectivity index (χ4n) is 2.81. The van der Waals surface area contributed by atoms with E-state index in [0.717, 1.165) is 38.2 Å². The zero-order valence-electron chi connectivity index (χ0n) is 14.9. The maximum Gasteiger partial charge on any atom is 0.410 e. The lowest BCUT2D eigenvalue weighted by molar-refractivity contribution is 0.0148. The van der Waals surface area contributed by atoms with Gasteiger partial charge in [0.15, 0.2) is 0 Å². The zero-order valence-corrected chi connectivity index (χ0v) is 14.9. The van der Waals surface area contributed by atoms with E-state index in [0.29, 0.717) is 12.0 Å². The van der Waals surface area contributed by atoms with E-state index in [9.17, 15) is 4.79 Å². The third kappa shape index (κ3) is 5.20. The summed E-state index contributed by atoms with van der Waals surface area (Å²) in [6.07, 6.45) is 3.71. The molecule has 1 saturated heterocycles. The van der Waals surface area contributed by atoms with E-state index in [2.05, 4.69) is 22.6 Å². The number of rotatable bonds is 4. The van der Waals surface area contributed by atoms with E-state index in [1.807, 2.05) is 32.7 Å². The van der Waals surface area contributed by atoms with Crippen LogP contribution in [0, 0.1) is 5.92 Å². The zero-order chi connectivity index (χ0) is 17.0. The molecule has 0 spiro atoms. The SMILES string of the molecule is CC(NCc1cnnn1C)C1CCCN(C(=O)OC(C)(C)C)C1. The van der Waals surface area contributed by atoms with Crippen molar-refractivity contribution in [3.63, 3.8) is 0 Å². The smallest absolute Gasteiger partial charge is 0.410 e. The summed E-state index contributed by atoms with van der Waals surface area (Å²) in [6.45, 7) is 10.1. The molecule has 23 heavy (non-hydrogen) atoms. The topological polar surface area (TPSA) is 72.3 Å². The number of piperidine rings is 1. The van der Waals surface area contributed by atoms with E-state index in [1.165, 1.54) is 0 Å². The number of nitrogens with one attached hydrogen (secondary N) is 1. The predicted molar refractivity (Wildman–Crippen MR) is 87.8 cm³/mol. The average Bonchev–Trinajstić information content (AvgIpc) is 2.88. The third-order valence-corrected chi connectivity index (χ3v) is 4.23. The number of hydrogen-bond acceptors (Lipinski definition) is 5. The predicted octanol–water partition coefficient (Wildman–Crippen LogP) is 1.94. The molecular formula is C16H29N5O2. The van der Waals surface area contributed by atoms with E-state index < -0.39 is 5.60 Å². The lowest BCUT2D eigenvalue weighted by Crippen LogP contribution is -2.47. The van der Waals surface area contributed by atoms with E-state index in [-0.39, 0.29) is 6.09 Å². The maximum absolute atomic E-state index is 12.2. The second kappa shape index (κ2) is 7.29. The Morgan fingerprint density at radius 3 is 2.87 bits per heavy atom. The van der Waals surface area contributed by atoms with Crippen LogP contribution >= 0.6 is 0 Å². The number of aryl methyl sites for hydroxylation is 1. The first kappa shape index (κ1) is 17.7. The minimum absolute atomic E-state index is 0.203. The Morgan fingerprint density at radius 1 is 1.52 bits per heavy atom. The highest BCUT2D eigenvalue weighted by molar-refractivity contribution is 5.68. The molecule has 0 aromatic carbocycles. The molecule has 1 aliphatic heterocycles. The van der Waals surface area contributed by atoms with Gasteiger partial charge in [0.05, 0.1) is 11.9 Å². The van der Waals surface area contributed by atoms with Crippen LogP contribution in [-0.2, 0) is 18.3 Å². The van der Waals surface area contributed by atoms with Gasteiger partial charge >= 0.3 is 6.09 Å². The molecule has 0 saturated carbocycles. The van der Waals surface area contributed by atoms with Gasteiger partial charge in [-0.15, -0.1) is 5.10 Å². The van der Waals surface area contributed by atoms with Crippen LogP contribution in [0.1, 0.15) is 46.2 Å². The number of amides is 1. The Kier molecular flexibility index (Phi) is 5.62. The van der Waals surface area contributed by atoms with Gasteiger partial charge in [-0.05, 0) is 46.5 Å². The van der Waals surface area contributed by atoms with Gasteiger partial charge in [-0.25, -0.2) is 4.79 Å². The molecule has 1 fully saturated rings. The lowest BCUT2D eigenvalue weighted by atomic mass is 9.91. The van der Waals surface area contributed by atoms with Crippen molar-refractivity contribution in [2.24, 2.45) is 13.0 Å². The number of ether oxygens (including phenoxy) is 1. The molecule has 0 bridgehead atoms. The van der Waals surface area contributed by atoms with E-state index in [4.69, 9.17) is 4.74 Å². The number of carbonyl (C=O) groups is 1. The maximum atomic E-state index is 12.2. The second-order valence-electron chi connectivity index (χ2n) is 7.35. The van der Waals surface area contributed by atoms with Crippen molar-refractivity contribution in [3.8, 4) is 0 Å². The Labute approximate surface area is 138 Å². The van der Waals surface area contributed by atoms with Crippen molar-refractivity contribution in [2.45, 2.75) is 58.7 Å². The number of nitrogens with zero attached hydrogens (tertiary/aromatic N) is 4. The summed E-state index contributed by atoms with van der Waals surface area (Å²) in [6, 6.07) is 0.315. The third-order valence-electron chi connectivity index (χ3n) is 4.23. The molecule has 2 heterocycles. The first-order chi connectivity index (χ1) is 10.8. The van der Waals surface area contributed by atoms with Crippen LogP contribution in [-0.4, -0.2) is 50.7 Å². The standard InChI is InChI=1S/C16H29N5O2/c1-12(17-9-14-10-18-19-20(14)5)13-7-6-8-21(11-13)15(22)23-16(2,3)4/h10,12-13,17H,6-9,11H2,1-5H3. The molecule has 2 atom stereocenters. The molecule has 2 rings (SSSR count). The van der Waals surface area contributed by atoms with Crippen LogP contribution in [0.4, 0.5) is 4.79 Å². The van der Waals surface area contributed by atoms with E-state index in [1.54, 1.807) is 10.9 Å². The molecule has 1 aromatic rings. The Bertz CT molecular complexity index is 523. The van der Waals surface area contributed by atoms with Crippen LogP contribution in [0.3, 0.4) is 0 Å². The molecule has 1 aliphatic rings. The molecule has 0 aliphatic carbocycles. The van der Waals surface area contributed by atoms with Gasteiger partial charge in [0, 0.05) is 32.7 Å². The molecule has 1 N–H and O–H groups in total. The summed E-state index contributed by atoms with van der Waals surface area (Å²) in [7, 11) is 1.89. The van der Waals surface area contributed by atoms with Crippen LogP contribution in [0.25, 0.3) is 0 Å². The number of aromatic nitrogens is 3. The summed E-state index contributed by atoms with van der Waals surface area (Å²) >= 11 is 0. The number of carbonyl (C=O) groups excluding carboxylic acids is 1. The number of likely N-dealkylation sites (tertiary alicyclic amines) is 1. The molecule has 130 valence electrons. The normalized spacial score (nSPS) is 20.4. The molecular weight excluding hydrogens is 294 g/mol. The lowest BCUT2D eigenvalue weighted by Gasteiger charge is -2.36. The van der Waals surface area contributed by atoms with Gasteiger partial charge in [0.1, 0.15) is 5.60 Å². The molecule has 7 heteroatoms. The Morgan fingerprint density at radius 2 is 2.26 bits per heavy atom. The van der Waals surface area contributed by atoms with Gasteiger partial charge < -0.3 is 15.0 Å². The van der Waals surface area contributed by atoms with Crippen LogP contribution in [0.5, 0.6) is 0 Å². The molecule has 7 nitrogen and oxygen atoms in total. The average molecular weight is 323 g/mol. The fourth-order valence-corrected chi connectivity index (χ4v) is 2.81. The second-order valence-corrected chi connectivity index (χ2v) is 7.35. The minimum Gasteiger partial charge on any atom is -0.444 e. The van der Waals surface area contributed by atoms with Crippen molar-refractivity contribution in [3.05, 3.63) is 11.9 Å². The summed E-state index contributed by atoms with van der Waals surface area (Å²) in [5.41, 5.74) is 0.608. The summed E-state index contributed by atoms with van der Waals surface area (Å²) < 4.78 is 7.26. The van der Waals surface area contributed by atoms with Gasteiger partial charge in [0.2, 0.25) is 0 Å². The summed E-state index contributed by atoms with van der Waals surface area (Å²) in [5.74, 6) is 0.428. The quantitative estimate of drug-likeness (QED) is 0.917.